The summed E-state index contributed by atoms with van der Waals surface area (Å²) in [7, 11) is 4.55. The number of benzene rings is 1. The fraction of sp³-hybridized carbons (Fsp3) is 0.458. The first-order valence-electron chi connectivity index (χ1n) is 11.1. The topological polar surface area (TPSA) is 80.7 Å². The highest BCUT2D eigenvalue weighted by molar-refractivity contribution is 8.16. The van der Waals surface area contributed by atoms with Gasteiger partial charge < -0.3 is 24.0 Å². The second kappa shape index (κ2) is 9.91. The fourth-order valence-corrected chi connectivity index (χ4v) is 5.39. The van der Waals surface area contributed by atoms with E-state index in [2.05, 4.69) is 0 Å². The van der Waals surface area contributed by atoms with Gasteiger partial charge in [0.2, 0.25) is 5.91 Å². The van der Waals surface area contributed by atoms with Crippen LogP contribution < -0.4 is 9.47 Å². The Hall–Kier alpha value is -2.94. The van der Waals surface area contributed by atoms with E-state index in [1.807, 2.05) is 34.3 Å². The minimum atomic E-state index is -0.517. The maximum absolute atomic E-state index is 13.0. The molecule has 176 valence electrons. The summed E-state index contributed by atoms with van der Waals surface area (Å²) in [5.74, 6) is 0.874. The van der Waals surface area contributed by atoms with Crippen molar-refractivity contribution in [2.24, 2.45) is 4.99 Å². The molecule has 0 bridgehead atoms. The van der Waals surface area contributed by atoms with E-state index in [1.54, 1.807) is 20.3 Å². The predicted molar refractivity (Wildman–Crippen MR) is 127 cm³/mol. The summed E-state index contributed by atoms with van der Waals surface area (Å²) >= 11 is 1.47. The second-order valence-electron chi connectivity index (χ2n) is 8.01. The lowest BCUT2D eigenvalue weighted by molar-refractivity contribution is -0.136. The molecule has 33 heavy (non-hydrogen) atoms. The number of likely N-dealkylation sites (tertiary alicyclic amines) is 1. The van der Waals surface area contributed by atoms with Crippen molar-refractivity contribution in [3.05, 3.63) is 46.1 Å². The Kier molecular flexibility index (Phi) is 6.97. The lowest BCUT2D eigenvalue weighted by Gasteiger charge is -2.37. The lowest BCUT2D eigenvalue weighted by Crippen LogP contribution is -2.38. The van der Waals surface area contributed by atoms with E-state index in [9.17, 15) is 9.59 Å². The molecule has 1 aromatic rings. The Morgan fingerprint density at radius 1 is 1.09 bits per heavy atom. The quantitative estimate of drug-likeness (QED) is 0.559. The van der Waals surface area contributed by atoms with Crippen molar-refractivity contribution in [3.63, 3.8) is 0 Å². The van der Waals surface area contributed by atoms with Gasteiger partial charge in [0.1, 0.15) is 11.5 Å². The van der Waals surface area contributed by atoms with Gasteiger partial charge >= 0.3 is 5.97 Å². The summed E-state index contributed by atoms with van der Waals surface area (Å²) in [6.07, 6.45) is 2.90. The normalized spacial score (nSPS) is 19.8. The number of amides is 1. The molecule has 1 amide bonds. The van der Waals surface area contributed by atoms with Crippen molar-refractivity contribution >= 4 is 28.8 Å². The van der Waals surface area contributed by atoms with Gasteiger partial charge in [0.15, 0.2) is 5.17 Å². The van der Waals surface area contributed by atoms with Crippen molar-refractivity contribution in [1.82, 2.24) is 9.80 Å². The van der Waals surface area contributed by atoms with Gasteiger partial charge in [0, 0.05) is 24.9 Å². The SMILES string of the molecule is CCC1=C(C(=O)OC)[C@@H](c2cc(OC)cc(OC)c2)N2C(CC(=O)N3CCCC3)=CSC2=N1. The van der Waals surface area contributed by atoms with Crippen LogP contribution in [-0.2, 0) is 14.3 Å². The molecule has 8 nitrogen and oxygen atoms in total. The van der Waals surface area contributed by atoms with E-state index >= 15 is 0 Å². The number of hydrogen-bond acceptors (Lipinski definition) is 8. The van der Waals surface area contributed by atoms with Gasteiger partial charge in [-0.25, -0.2) is 9.79 Å². The third-order valence-corrected chi connectivity index (χ3v) is 7.00. The number of rotatable bonds is 7. The van der Waals surface area contributed by atoms with Crippen LogP contribution in [-0.4, -0.2) is 61.3 Å². The van der Waals surface area contributed by atoms with Gasteiger partial charge in [-0.05, 0) is 42.4 Å². The van der Waals surface area contributed by atoms with E-state index in [0.717, 1.165) is 42.4 Å². The first-order valence-corrected chi connectivity index (χ1v) is 11.9. The first kappa shape index (κ1) is 23.2. The van der Waals surface area contributed by atoms with Crippen LogP contribution >= 0.6 is 11.8 Å². The number of allylic oxidation sites excluding steroid dienone is 1. The molecule has 0 unspecified atom stereocenters. The summed E-state index contributed by atoms with van der Waals surface area (Å²) in [6.45, 7) is 3.56. The molecule has 3 aliphatic rings. The monoisotopic (exact) mass is 471 g/mol. The van der Waals surface area contributed by atoms with Crippen LogP contribution in [0.4, 0.5) is 0 Å². The standard InChI is InChI=1S/C24H29N3O5S/c1-5-19-21(23(29)32-4)22(15-10-17(30-2)13-18(11-15)31-3)27-16(14-33-24(27)25-19)12-20(28)26-8-6-7-9-26/h10-11,13-14,22H,5-9,12H2,1-4H3/t22-/m1/s1. The van der Waals surface area contributed by atoms with Gasteiger partial charge in [-0.1, -0.05) is 18.7 Å². The molecule has 0 saturated carbocycles. The number of thioether (sulfide) groups is 1. The summed E-state index contributed by atoms with van der Waals surface area (Å²) < 4.78 is 16.2. The largest absolute Gasteiger partial charge is 0.497 e. The van der Waals surface area contributed by atoms with Crippen LogP contribution in [0.1, 0.15) is 44.2 Å². The van der Waals surface area contributed by atoms with E-state index in [4.69, 9.17) is 19.2 Å². The molecule has 3 aliphatic heterocycles. The van der Waals surface area contributed by atoms with Gasteiger partial charge in [-0.3, -0.25) is 4.79 Å². The Bertz CT molecular complexity index is 1020. The molecule has 1 aromatic carbocycles. The van der Waals surface area contributed by atoms with Crippen molar-refractivity contribution in [2.45, 2.75) is 38.6 Å². The van der Waals surface area contributed by atoms with E-state index in [1.165, 1.54) is 18.9 Å². The maximum atomic E-state index is 13.0. The van der Waals surface area contributed by atoms with Crippen LogP contribution in [0.5, 0.6) is 11.5 Å². The Labute approximate surface area is 198 Å². The number of nitrogens with zero attached hydrogens (tertiary/aromatic N) is 3. The number of fused-ring (bicyclic) bond motifs is 1. The Morgan fingerprint density at radius 3 is 2.33 bits per heavy atom. The van der Waals surface area contributed by atoms with Crippen molar-refractivity contribution in [2.75, 3.05) is 34.4 Å². The summed E-state index contributed by atoms with van der Waals surface area (Å²) in [4.78, 5) is 34.7. The molecule has 0 radical (unpaired) electrons. The molecule has 1 fully saturated rings. The van der Waals surface area contributed by atoms with Crippen molar-refractivity contribution in [1.29, 1.82) is 0 Å². The molecule has 4 rings (SSSR count). The van der Waals surface area contributed by atoms with E-state index < -0.39 is 12.0 Å². The highest BCUT2D eigenvalue weighted by Crippen LogP contribution is 2.46. The van der Waals surface area contributed by atoms with Crippen LogP contribution in [0.15, 0.2) is 45.6 Å². The number of hydrogen-bond donors (Lipinski definition) is 0. The number of aliphatic imine (C=N–C) groups is 1. The average Bonchev–Trinajstić information content (AvgIpc) is 3.52. The number of ether oxygens (including phenoxy) is 3. The Balaban J connectivity index is 1.80. The minimum Gasteiger partial charge on any atom is -0.497 e. The zero-order valence-electron chi connectivity index (χ0n) is 19.4. The number of esters is 1. The molecule has 9 heteroatoms. The molecular weight excluding hydrogens is 442 g/mol. The maximum Gasteiger partial charge on any atom is 0.338 e. The smallest absolute Gasteiger partial charge is 0.338 e. The fourth-order valence-electron chi connectivity index (χ4n) is 4.45. The summed E-state index contributed by atoms with van der Waals surface area (Å²) in [5, 5.41) is 2.71. The predicted octanol–water partition coefficient (Wildman–Crippen LogP) is 3.85. The van der Waals surface area contributed by atoms with Gasteiger partial charge in [-0.15, -0.1) is 0 Å². The number of methoxy groups -OCH3 is 3. The zero-order valence-corrected chi connectivity index (χ0v) is 20.2. The van der Waals surface area contributed by atoms with Gasteiger partial charge in [-0.2, -0.15) is 0 Å². The molecule has 3 heterocycles. The number of carbonyl (C=O) groups excluding carboxylic acids is 2. The number of amidine groups is 1. The van der Waals surface area contributed by atoms with Crippen LogP contribution in [0.25, 0.3) is 0 Å². The van der Waals surface area contributed by atoms with Crippen LogP contribution in [0.2, 0.25) is 0 Å². The van der Waals surface area contributed by atoms with Gasteiger partial charge in [0.25, 0.3) is 0 Å². The van der Waals surface area contributed by atoms with Crippen molar-refractivity contribution in [3.8, 4) is 11.5 Å². The average molecular weight is 472 g/mol. The van der Waals surface area contributed by atoms with Crippen LogP contribution in [0.3, 0.4) is 0 Å². The van der Waals surface area contributed by atoms with E-state index in [0.29, 0.717) is 29.2 Å². The Morgan fingerprint density at radius 2 is 1.76 bits per heavy atom. The molecule has 1 atom stereocenters. The van der Waals surface area contributed by atoms with Crippen molar-refractivity contribution < 1.29 is 23.8 Å². The third kappa shape index (κ3) is 4.46. The lowest BCUT2D eigenvalue weighted by atomic mass is 9.92. The third-order valence-electron chi connectivity index (χ3n) is 6.11. The molecule has 0 N–H and O–H groups in total. The number of carbonyl (C=O) groups is 2. The van der Waals surface area contributed by atoms with Crippen LogP contribution in [0, 0.1) is 0 Å². The second-order valence-corrected chi connectivity index (χ2v) is 8.85. The first-order chi connectivity index (χ1) is 16.0. The zero-order chi connectivity index (χ0) is 23.5. The minimum absolute atomic E-state index is 0.0902. The molecule has 1 saturated heterocycles. The molecular formula is C24H29N3O5S. The molecule has 0 aliphatic carbocycles. The highest BCUT2D eigenvalue weighted by Gasteiger charge is 2.42. The molecule has 0 aromatic heterocycles. The molecule has 0 spiro atoms. The summed E-state index contributed by atoms with van der Waals surface area (Å²) in [6, 6.07) is 5.04. The summed E-state index contributed by atoms with van der Waals surface area (Å²) in [5.41, 5.74) is 2.75. The van der Waals surface area contributed by atoms with E-state index in [-0.39, 0.29) is 12.3 Å². The van der Waals surface area contributed by atoms with Gasteiger partial charge in [0.05, 0.1) is 45.1 Å². The highest BCUT2D eigenvalue weighted by atomic mass is 32.2.